The monoisotopic (exact) mass is 256 g/mol. The molecule has 0 aliphatic carbocycles. The van der Waals surface area contributed by atoms with Gasteiger partial charge in [-0.05, 0) is 30.3 Å². The Bertz CT molecular complexity index is 709. The SMILES string of the molecule is Nc1cncc(-c2nc(-c3ccc(F)cc3)no2)c1. The summed E-state index contributed by atoms with van der Waals surface area (Å²) < 4.78 is 18.0. The van der Waals surface area contributed by atoms with Gasteiger partial charge in [0.2, 0.25) is 5.82 Å². The average molecular weight is 256 g/mol. The predicted molar refractivity (Wildman–Crippen MR) is 67.3 cm³/mol. The summed E-state index contributed by atoms with van der Waals surface area (Å²) in [7, 11) is 0. The molecule has 0 aliphatic heterocycles. The van der Waals surface area contributed by atoms with E-state index in [9.17, 15) is 4.39 Å². The van der Waals surface area contributed by atoms with Crippen molar-refractivity contribution in [3.8, 4) is 22.8 Å². The fourth-order valence-electron chi connectivity index (χ4n) is 1.63. The molecule has 19 heavy (non-hydrogen) atoms. The largest absolute Gasteiger partial charge is 0.397 e. The van der Waals surface area contributed by atoms with Gasteiger partial charge in [-0.2, -0.15) is 4.98 Å². The highest BCUT2D eigenvalue weighted by Crippen LogP contribution is 2.22. The maximum atomic E-state index is 12.8. The minimum absolute atomic E-state index is 0.312. The molecular weight excluding hydrogens is 247 g/mol. The topological polar surface area (TPSA) is 77.8 Å². The molecule has 3 aromatic rings. The molecule has 2 aromatic heterocycles. The smallest absolute Gasteiger partial charge is 0.259 e. The van der Waals surface area contributed by atoms with Crippen LogP contribution in [-0.2, 0) is 0 Å². The van der Waals surface area contributed by atoms with Crippen LogP contribution in [0.5, 0.6) is 0 Å². The molecule has 3 rings (SSSR count). The second kappa shape index (κ2) is 4.49. The number of anilines is 1. The number of halogens is 1. The van der Waals surface area contributed by atoms with Gasteiger partial charge in [0, 0.05) is 18.0 Å². The summed E-state index contributed by atoms with van der Waals surface area (Å²) in [6, 6.07) is 7.54. The third-order valence-electron chi connectivity index (χ3n) is 2.53. The van der Waals surface area contributed by atoms with Gasteiger partial charge in [0.05, 0.1) is 11.3 Å². The molecule has 1 aromatic carbocycles. The highest BCUT2D eigenvalue weighted by Gasteiger charge is 2.11. The van der Waals surface area contributed by atoms with Crippen LogP contribution < -0.4 is 5.73 Å². The Morgan fingerprint density at radius 2 is 1.84 bits per heavy atom. The Balaban J connectivity index is 1.97. The quantitative estimate of drug-likeness (QED) is 0.762. The second-order valence-electron chi connectivity index (χ2n) is 3.94. The predicted octanol–water partition coefficient (Wildman–Crippen LogP) is 2.52. The van der Waals surface area contributed by atoms with Crippen molar-refractivity contribution in [1.29, 1.82) is 0 Å². The summed E-state index contributed by atoms with van der Waals surface area (Å²) in [4.78, 5) is 8.18. The number of hydrogen-bond donors (Lipinski definition) is 1. The number of nitrogens with zero attached hydrogens (tertiary/aromatic N) is 3. The first-order valence-corrected chi connectivity index (χ1v) is 5.53. The van der Waals surface area contributed by atoms with Crippen molar-refractivity contribution in [3.05, 3.63) is 48.5 Å². The highest BCUT2D eigenvalue weighted by atomic mass is 19.1. The molecule has 6 heteroatoms. The number of hydrogen-bond acceptors (Lipinski definition) is 5. The molecule has 0 radical (unpaired) electrons. The first-order chi connectivity index (χ1) is 9.22. The summed E-state index contributed by atoms with van der Waals surface area (Å²) in [6.07, 6.45) is 3.11. The molecule has 5 nitrogen and oxygen atoms in total. The van der Waals surface area contributed by atoms with Crippen LogP contribution in [0, 0.1) is 5.82 Å². The molecule has 0 fully saturated rings. The lowest BCUT2D eigenvalue weighted by Gasteiger charge is -1.94. The van der Waals surface area contributed by atoms with Crippen molar-refractivity contribution in [2.45, 2.75) is 0 Å². The fourth-order valence-corrected chi connectivity index (χ4v) is 1.63. The lowest BCUT2D eigenvalue weighted by atomic mass is 10.2. The molecule has 0 bridgehead atoms. The lowest BCUT2D eigenvalue weighted by molar-refractivity contribution is 0.432. The van der Waals surface area contributed by atoms with Gasteiger partial charge in [-0.1, -0.05) is 5.16 Å². The third kappa shape index (κ3) is 2.28. The Labute approximate surface area is 107 Å². The minimum atomic E-state index is -0.312. The van der Waals surface area contributed by atoms with Crippen LogP contribution in [0.2, 0.25) is 0 Å². The summed E-state index contributed by atoms with van der Waals surface area (Å²) in [5.41, 5.74) is 7.46. The Morgan fingerprint density at radius 3 is 2.58 bits per heavy atom. The van der Waals surface area contributed by atoms with Crippen LogP contribution in [0.25, 0.3) is 22.8 Å². The molecular formula is C13H9FN4O. The van der Waals surface area contributed by atoms with E-state index in [1.165, 1.54) is 18.3 Å². The van der Waals surface area contributed by atoms with Crippen molar-refractivity contribution in [1.82, 2.24) is 15.1 Å². The van der Waals surface area contributed by atoms with E-state index in [0.29, 0.717) is 28.5 Å². The van der Waals surface area contributed by atoms with Crippen LogP contribution in [0.1, 0.15) is 0 Å². The molecule has 2 N–H and O–H groups in total. The van der Waals surface area contributed by atoms with E-state index < -0.39 is 0 Å². The molecule has 94 valence electrons. The standard InChI is InChI=1S/C13H9FN4O/c14-10-3-1-8(2-4-10)12-17-13(19-18-12)9-5-11(15)7-16-6-9/h1-7H,15H2. The van der Waals surface area contributed by atoms with Gasteiger partial charge in [0.15, 0.2) is 0 Å². The number of pyridine rings is 1. The van der Waals surface area contributed by atoms with Crippen molar-refractivity contribution in [3.63, 3.8) is 0 Å². The molecule has 2 heterocycles. The van der Waals surface area contributed by atoms with E-state index >= 15 is 0 Å². The summed E-state index contributed by atoms with van der Waals surface area (Å²) in [5.74, 6) is 0.393. The van der Waals surface area contributed by atoms with Crippen molar-refractivity contribution in [2.24, 2.45) is 0 Å². The Hall–Kier alpha value is -2.76. The minimum Gasteiger partial charge on any atom is -0.397 e. The van der Waals surface area contributed by atoms with Crippen molar-refractivity contribution < 1.29 is 8.91 Å². The van der Waals surface area contributed by atoms with Gasteiger partial charge >= 0.3 is 0 Å². The van der Waals surface area contributed by atoms with E-state index in [0.717, 1.165) is 0 Å². The first-order valence-electron chi connectivity index (χ1n) is 5.53. The van der Waals surface area contributed by atoms with Crippen LogP contribution in [0.4, 0.5) is 10.1 Å². The Kier molecular flexibility index (Phi) is 2.68. The zero-order chi connectivity index (χ0) is 13.2. The van der Waals surface area contributed by atoms with Crippen LogP contribution in [-0.4, -0.2) is 15.1 Å². The maximum Gasteiger partial charge on any atom is 0.259 e. The van der Waals surface area contributed by atoms with Gasteiger partial charge in [0.25, 0.3) is 5.89 Å². The van der Waals surface area contributed by atoms with Gasteiger partial charge < -0.3 is 10.3 Å². The fraction of sp³-hybridized carbons (Fsp3) is 0. The number of nitrogen functional groups attached to an aromatic ring is 1. The summed E-state index contributed by atoms with van der Waals surface area (Å²) in [6.45, 7) is 0. The normalized spacial score (nSPS) is 10.6. The molecule has 0 saturated heterocycles. The lowest BCUT2D eigenvalue weighted by Crippen LogP contribution is -1.87. The zero-order valence-corrected chi connectivity index (χ0v) is 9.75. The number of aromatic nitrogens is 3. The van der Waals surface area contributed by atoms with Crippen LogP contribution >= 0.6 is 0 Å². The van der Waals surface area contributed by atoms with E-state index in [-0.39, 0.29) is 5.82 Å². The van der Waals surface area contributed by atoms with Crippen molar-refractivity contribution >= 4 is 5.69 Å². The van der Waals surface area contributed by atoms with E-state index in [2.05, 4.69) is 15.1 Å². The summed E-state index contributed by atoms with van der Waals surface area (Å²) in [5, 5.41) is 3.84. The average Bonchev–Trinajstić information content (AvgIpc) is 2.89. The zero-order valence-electron chi connectivity index (χ0n) is 9.75. The van der Waals surface area contributed by atoms with E-state index in [4.69, 9.17) is 10.3 Å². The van der Waals surface area contributed by atoms with Gasteiger partial charge in [-0.25, -0.2) is 4.39 Å². The molecule has 0 amide bonds. The second-order valence-corrected chi connectivity index (χ2v) is 3.94. The first kappa shape index (κ1) is 11.3. The highest BCUT2D eigenvalue weighted by molar-refractivity contribution is 5.61. The summed E-state index contributed by atoms with van der Waals surface area (Å²) >= 11 is 0. The number of benzene rings is 1. The molecule has 0 spiro atoms. The van der Waals surface area contributed by atoms with E-state index in [1.54, 1.807) is 24.4 Å². The molecule has 0 atom stereocenters. The van der Waals surface area contributed by atoms with E-state index in [1.807, 2.05) is 0 Å². The Morgan fingerprint density at radius 1 is 1.05 bits per heavy atom. The van der Waals surface area contributed by atoms with Crippen LogP contribution in [0.15, 0.2) is 47.2 Å². The van der Waals surface area contributed by atoms with Crippen LogP contribution in [0.3, 0.4) is 0 Å². The van der Waals surface area contributed by atoms with Gasteiger partial charge in [-0.3, -0.25) is 4.98 Å². The molecule has 0 aliphatic rings. The molecule has 0 unspecified atom stereocenters. The number of rotatable bonds is 2. The molecule has 0 saturated carbocycles. The number of nitrogens with two attached hydrogens (primary N) is 1. The third-order valence-corrected chi connectivity index (χ3v) is 2.53. The van der Waals surface area contributed by atoms with Gasteiger partial charge in [0.1, 0.15) is 5.82 Å². The maximum absolute atomic E-state index is 12.8. The van der Waals surface area contributed by atoms with Gasteiger partial charge in [-0.15, -0.1) is 0 Å². The van der Waals surface area contributed by atoms with Crippen molar-refractivity contribution in [2.75, 3.05) is 5.73 Å².